The van der Waals surface area contributed by atoms with Gasteiger partial charge in [0.05, 0.1) is 6.10 Å². The van der Waals surface area contributed by atoms with Crippen molar-refractivity contribution in [2.24, 2.45) is 5.92 Å². The van der Waals surface area contributed by atoms with Gasteiger partial charge in [-0.15, -0.1) is 0 Å². The van der Waals surface area contributed by atoms with Crippen LogP contribution in [0.15, 0.2) is 54.6 Å². The summed E-state index contributed by atoms with van der Waals surface area (Å²) < 4.78 is 6.11. The van der Waals surface area contributed by atoms with Crippen LogP contribution in [0.25, 0.3) is 0 Å². The van der Waals surface area contributed by atoms with E-state index in [1.807, 2.05) is 23.1 Å². The molecule has 0 radical (unpaired) electrons. The number of rotatable bonds is 7. The van der Waals surface area contributed by atoms with Crippen molar-refractivity contribution in [1.82, 2.24) is 4.90 Å². The van der Waals surface area contributed by atoms with Crippen LogP contribution in [-0.2, 0) is 21.5 Å². The second-order valence-electron chi connectivity index (χ2n) is 8.93. The molecular formula is C26H35NO2. The zero-order valence-corrected chi connectivity index (χ0v) is 18.4. The van der Waals surface area contributed by atoms with Crippen molar-refractivity contribution < 1.29 is 9.53 Å². The summed E-state index contributed by atoms with van der Waals surface area (Å²) in [6, 6.07) is 19.3. The van der Waals surface area contributed by atoms with E-state index in [0.29, 0.717) is 12.5 Å². The van der Waals surface area contributed by atoms with E-state index in [1.165, 1.54) is 16.7 Å². The van der Waals surface area contributed by atoms with Gasteiger partial charge in [0.15, 0.2) is 0 Å². The van der Waals surface area contributed by atoms with E-state index in [2.05, 4.69) is 57.2 Å². The molecular weight excluding hydrogens is 358 g/mol. The normalized spacial score (nSPS) is 21.9. The molecule has 29 heavy (non-hydrogen) atoms. The Kier molecular flexibility index (Phi) is 7.13. The van der Waals surface area contributed by atoms with Gasteiger partial charge in [0.2, 0.25) is 5.91 Å². The monoisotopic (exact) mass is 393 g/mol. The zero-order chi connectivity index (χ0) is 20.9. The Morgan fingerprint density at radius 1 is 1.14 bits per heavy atom. The van der Waals surface area contributed by atoms with Crippen LogP contribution in [0.3, 0.4) is 0 Å². The minimum atomic E-state index is 0.0608. The van der Waals surface area contributed by atoms with Gasteiger partial charge in [0, 0.05) is 32.0 Å². The number of hydrogen-bond acceptors (Lipinski definition) is 2. The summed E-state index contributed by atoms with van der Waals surface area (Å²) in [5, 5.41) is 0. The number of hydrogen-bond donors (Lipinski definition) is 0. The minimum Gasteiger partial charge on any atom is -0.378 e. The van der Waals surface area contributed by atoms with E-state index in [0.717, 1.165) is 32.4 Å². The van der Waals surface area contributed by atoms with Gasteiger partial charge < -0.3 is 9.64 Å². The smallest absolute Gasteiger partial charge is 0.219 e. The molecule has 3 nitrogen and oxygen atoms in total. The Morgan fingerprint density at radius 2 is 1.83 bits per heavy atom. The predicted octanol–water partition coefficient (Wildman–Crippen LogP) is 5.51. The summed E-state index contributed by atoms with van der Waals surface area (Å²) in [6.45, 7) is 10.5. The lowest BCUT2D eigenvalue weighted by Crippen LogP contribution is -2.43. The van der Waals surface area contributed by atoms with Crippen LogP contribution in [0.2, 0.25) is 0 Å². The van der Waals surface area contributed by atoms with Crippen LogP contribution in [0.5, 0.6) is 0 Å². The molecule has 1 saturated heterocycles. The number of benzene rings is 2. The van der Waals surface area contributed by atoms with E-state index >= 15 is 0 Å². The van der Waals surface area contributed by atoms with E-state index in [9.17, 15) is 4.79 Å². The second-order valence-corrected chi connectivity index (χ2v) is 8.93. The first-order chi connectivity index (χ1) is 13.9. The van der Waals surface area contributed by atoms with E-state index in [1.54, 1.807) is 6.92 Å². The second kappa shape index (κ2) is 9.58. The average molecular weight is 394 g/mol. The molecule has 3 rings (SSSR count). The SMILES string of the molecule is CC(=O)N(CC[C@]1(c2ccc(C)cc2)CCO[C@@H](C(C)C)C1)Cc1ccccc1. The number of carbonyl (C=O) groups excluding carboxylic acids is 1. The largest absolute Gasteiger partial charge is 0.378 e. The van der Waals surface area contributed by atoms with Crippen LogP contribution >= 0.6 is 0 Å². The molecule has 1 aliphatic rings. The summed E-state index contributed by atoms with van der Waals surface area (Å²) in [7, 11) is 0. The van der Waals surface area contributed by atoms with Crippen molar-refractivity contribution in [3.05, 3.63) is 71.3 Å². The minimum absolute atomic E-state index is 0.0608. The number of aryl methyl sites for hydroxylation is 1. The van der Waals surface area contributed by atoms with Crippen molar-refractivity contribution in [2.45, 2.75) is 65.0 Å². The molecule has 3 heteroatoms. The Bertz CT molecular complexity index is 784. The van der Waals surface area contributed by atoms with Crippen LogP contribution in [0, 0.1) is 12.8 Å². The maximum absolute atomic E-state index is 12.4. The topological polar surface area (TPSA) is 29.5 Å². The molecule has 0 aliphatic carbocycles. The van der Waals surface area contributed by atoms with Gasteiger partial charge in [-0.25, -0.2) is 0 Å². The summed E-state index contributed by atoms with van der Waals surface area (Å²) in [5.74, 6) is 0.633. The summed E-state index contributed by atoms with van der Waals surface area (Å²) in [5.41, 5.74) is 3.91. The highest BCUT2D eigenvalue weighted by molar-refractivity contribution is 5.73. The molecule has 0 saturated carbocycles. The molecule has 2 aromatic rings. The van der Waals surface area contributed by atoms with Crippen LogP contribution in [-0.4, -0.2) is 30.1 Å². The third kappa shape index (κ3) is 5.48. The van der Waals surface area contributed by atoms with Crippen molar-refractivity contribution >= 4 is 5.91 Å². The van der Waals surface area contributed by atoms with Crippen LogP contribution in [0.1, 0.15) is 56.7 Å². The van der Waals surface area contributed by atoms with Gasteiger partial charge in [-0.2, -0.15) is 0 Å². The molecule has 2 atom stereocenters. The van der Waals surface area contributed by atoms with Crippen LogP contribution < -0.4 is 0 Å². The van der Waals surface area contributed by atoms with Gasteiger partial charge in [-0.05, 0) is 43.2 Å². The molecule has 1 heterocycles. The quantitative estimate of drug-likeness (QED) is 0.621. The third-order valence-electron chi connectivity index (χ3n) is 6.43. The van der Waals surface area contributed by atoms with Gasteiger partial charge in [-0.1, -0.05) is 74.0 Å². The molecule has 2 aromatic carbocycles. The molecule has 0 spiro atoms. The van der Waals surface area contributed by atoms with Gasteiger partial charge >= 0.3 is 0 Å². The fraction of sp³-hybridized carbons (Fsp3) is 0.500. The fourth-order valence-corrected chi connectivity index (χ4v) is 4.42. The first-order valence-corrected chi connectivity index (χ1v) is 10.9. The van der Waals surface area contributed by atoms with Gasteiger partial charge in [-0.3, -0.25) is 4.79 Å². The molecule has 1 fully saturated rings. The molecule has 156 valence electrons. The number of nitrogens with zero attached hydrogens (tertiary/aromatic N) is 1. The Morgan fingerprint density at radius 3 is 2.45 bits per heavy atom. The number of carbonyl (C=O) groups is 1. The average Bonchev–Trinajstić information content (AvgIpc) is 2.72. The first kappa shape index (κ1) is 21.6. The molecule has 1 aliphatic heterocycles. The Hall–Kier alpha value is -2.13. The third-order valence-corrected chi connectivity index (χ3v) is 6.43. The highest BCUT2D eigenvalue weighted by Gasteiger charge is 2.39. The molecule has 0 aromatic heterocycles. The molecule has 0 unspecified atom stereocenters. The molecule has 0 N–H and O–H groups in total. The van der Waals surface area contributed by atoms with Crippen molar-refractivity contribution in [2.75, 3.05) is 13.2 Å². The highest BCUT2D eigenvalue weighted by Crippen LogP contribution is 2.42. The maximum atomic E-state index is 12.4. The first-order valence-electron chi connectivity index (χ1n) is 10.9. The predicted molar refractivity (Wildman–Crippen MR) is 119 cm³/mol. The Balaban J connectivity index is 1.82. The standard InChI is InChI=1S/C26H35NO2/c1-20(2)25-18-26(15-17-29-25,24-12-10-21(3)11-13-24)14-16-27(22(4)28)19-23-8-6-5-7-9-23/h5-13,20,25H,14-19H2,1-4H3/t25-,26+/m1/s1. The lowest BCUT2D eigenvalue weighted by molar-refractivity contribution is -0.130. The Labute approximate surface area is 176 Å². The lowest BCUT2D eigenvalue weighted by atomic mass is 9.68. The van der Waals surface area contributed by atoms with E-state index < -0.39 is 0 Å². The number of ether oxygens (including phenoxy) is 1. The van der Waals surface area contributed by atoms with Crippen molar-refractivity contribution in [1.29, 1.82) is 0 Å². The van der Waals surface area contributed by atoms with E-state index in [-0.39, 0.29) is 17.4 Å². The summed E-state index contributed by atoms with van der Waals surface area (Å²) in [4.78, 5) is 14.4. The van der Waals surface area contributed by atoms with Gasteiger partial charge in [0.1, 0.15) is 0 Å². The fourth-order valence-electron chi connectivity index (χ4n) is 4.42. The van der Waals surface area contributed by atoms with E-state index in [4.69, 9.17) is 4.74 Å². The highest BCUT2D eigenvalue weighted by atomic mass is 16.5. The zero-order valence-electron chi connectivity index (χ0n) is 18.4. The molecule has 0 bridgehead atoms. The van der Waals surface area contributed by atoms with Crippen molar-refractivity contribution in [3.8, 4) is 0 Å². The van der Waals surface area contributed by atoms with Crippen LogP contribution in [0.4, 0.5) is 0 Å². The van der Waals surface area contributed by atoms with Crippen molar-refractivity contribution in [3.63, 3.8) is 0 Å². The molecule has 1 amide bonds. The maximum Gasteiger partial charge on any atom is 0.219 e. The lowest BCUT2D eigenvalue weighted by Gasteiger charge is -2.44. The number of amides is 1. The van der Waals surface area contributed by atoms with Gasteiger partial charge in [0.25, 0.3) is 0 Å². The summed E-state index contributed by atoms with van der Waals surface area (Å²) in [6.07, 6.45) is 3.26. The summed E-state index contributed by atoms with van der Waals surface area (Å²) >= 11 is 0.